The average molecular weight is 374 g/mol. The van der Waals surface area contributed by atoms with Crippen LogP contribution in [0.25, 0.3) is 22.2 Å². The van der Waals surface area contributed by atoms with Gasteiger partial charge in [-0.3, -0.25) is 14.2 Å². The number of benzene rings is 1. The molecule has 3 aromatic heterocycles. The number of para-hydroxylation sites is 1. The smallest absolute Gasteiger partial charge is 0.254 e. The van der Waals surface area contributed by atoms with Crippen molar-refractivity contribution in [3.8, 4) is 11.3 Å². The summed E-state index contributed by atoms with van der Waals surface area (Å²) in [6, 6.07) is 11.5. The minimum absolute atomic E-state index is 0.0617. The molecule has 0 radical (unpaired) electrons. The van der Waals surface area contributed by atoms with E-state index in [-0.39, 0.29) is 5.91 Å². The van der Waals surface area contributed by atoms with Gasteiger partial charge >= 0.3 is 0 Å². The molecule has 0 saturated heterocycles. The second-order valence-corrected chi connectivity index (χ2v) is 6.80. The molecule has 7 nitrogen and oxygen atoms in total. The Bertz CT molecular complexity index is 1140. The van der Waals surface area contributed by atoms with E-state index < -0.39 is 0 Å². The van der Waals surface area contributed by atoms with E-state index in [0.717, 1.165) is 34.4 Å². The van der Waals surface area contributed by atoms with Gasteiger partial charge in [0.1, 0.15) is 0 Å². The number of aryl methyl sites for hydroxylation is 2. The van der Waals surface area contributed by atoms with Crippen LogP contribution >= 0.6 is 0 Å². The van der Waals surface area contributed by atoms with Crippen LogP contribution in [0.1, 0.15) is 23.0 Å². The Labute approximate surface area is 163 Å². The van der Waals surface area contributed by atoms with Crippen LogP contribution in [0.5, 0.6) is 0 Å². The maximum Gasteiger partial charge on any atom is 0.254 e. The van der Waals surface area contributed by atoms with Gasteiger partial charge in [-0.05, 0) is 25.1 Å². The number of pyridine rings is 1. The van der Waals surface area contributed by atoms with Gasteiger partial charge in [0.15, 0.2) is 0 Å². The molecule has 0 fully saturated rings. The van der Waals surface area contributed by atoms with Gasteiger partial charge in [-0.15, -0.1) is 0 Å². The summed E-state index contributed by atoms with van der Waals surface area (Å²) in [6.45, 7) is 3.26. The second-order valence-electron chi connectivity index (χ2n) is 6.80. The van der Waals surface area contributed by atoms with Gasteiger partial charge in [-0.25, -0.2) is 4.98 Å². The highest BCUT2D eigenvalue weighted by atomic mass is 16.2. The molecule has 0 aliphatic rings. The molecule has 0 unspecified atom stereocenters. The van der Waals surface area contributed by atoms with E-state index in [2.05, 4.69) is 10.2 Å². The number of amides is 1. The SMILES string of the molecule is CCn1cc(-c2cc(C(=O)N(C)Cc3ccn(C)n3)c3ccccc3n2)cn1. The van der Waals surface area contributed by atoms with Crippen LogP contribution in [0.2, 0.25) is 0 Å². The lowest BCUT2D eigenvalue weighted by Crippen LogP contribution is -2.26. The summed E-state index contributed by atoms with van der Waals surface area (Å²) in [7, 11) is 3.66. The second kappa shape index (κ2) is 7.26. The highest BCUT2D eigenvalue weighted by Gasteiger charge is 2.18. The fourth-order valence-corrected chi connectivity index (χ4v) is 3.24. The number of fused-ring (bicyclic) bond motifs is 1. The van der Waals surface area contributed by atoms with Crippen molar-refractivity contribution >= 4 is 16.8 Å². The van der Waals surface area contributed by atoms with Gasteiger partial charge in [0, 0.05) is 44.0 Å². The zero-order valence-corrected chi connectivity index (χ0v) is 16.2. The third-order valence-corrected chi connectivity index (χ3v) is 4.71. The number of hydrogen-bond acceptors (Lipinski definition) is 4. The predicted molar refractivity (Wildman–Crippen MR) is 108 cm³/mol. The normalized spacial score (nSPS) is 11.1. The first-order valence-electron chi connectivity index (χ1n) is 9.21. The summed E-state index contributed by atoms with van der Waals surface area (Å²) in [6.07, 6.45) is 5.61. The van der Waals surface area contributed by atoms with Crippen LogP contribution in [0.4, 0.5) is 0 Å². The largest absolute Gasteiger partial charge is 0.336 e. The Morgan fingerprint density at radius 2 is 2.04 bits per heavy atom. The molecule has 1 aromatic carbocycles. The van der Waals surface area contributed by atoms with Crippen molar-refractivity contribution in [1.82, 2.24) is 29.4 Å². The van der Waals surface area contributed by atoms with Gasteiger partial charge in [0.05, 0.1) is 35.2 Å². The summed E-state index contributed by atoms with van der Waals surface area (Å²) in [4.78, 5) is 19.7. The lowest BCUT2D eigenvalue weighted by atomic mass is 10.0. The molecule has 0 spiro atoms. The number of carbonyl (C=O) groups excluding carboxylic acids is 1. The Morgan fingerprint density at radius 3 is 2.75 bits per heavy atom. The molecule has 0 atom stereocenters. The Kier molecular flexibility index (Phi) is 4.65. The lowest BCUT2D eigenvalue weighted by Gasteiger charge is -2.17. The summed E-state index contributed by atoms with van der Waals surface area (Å²) < 4.78 is 3.58. The van der Waals surface area contributed by atoms with E-state index in [1.54, 1.807) is 22.8 Å². The summed E-state index contributed by atoms with van der Waals surface area (Å²) in [5.74, 6) is -0.0617. The first kappa shape index (κ1) is 17.9. The standard InChI is InChI=1S/C21H22N6O/c1-4-27-13-15(12-22-27)20-11-18(17-7-5-6-8-19(17)23-20)21(28)25(2)14-16-9-10-26(3)24-16/h5-13H,4,14H2,1-3H3. The van der Waals surface area contributed by atoms with Crippen molar-refractivity contribution in [1.29, 1.82) is 0 Å². The van der Waals surface area contributed by atoms with Crippen molar-refractivity contribution in [2.75, 3.05) is 7.05 Å². The molecule has 3 heterocycles. The Balaban J connectivity index is 1.74. The quantitative estimate of drug-likeness (QED) is 0.538. The van der Waals surface area contributed by atoms with Crippen LogP contribution in [0, 0.1) is 0 Å². The minimum atomic E-state index is -0.0617. The Hall–Kier alpha value is -3.48. The van der Waals surface area contributed by atoms with Gasteiger partial charge in [0.2, 0.25) is 0 Å². The average Bonchev–Trinajstić information content (AvgIpc) is 3.35. The van der Waals surface area contributed by atoms with E-state index in [1.165, 1.54) is 0 Å². The number of aromatic nitrogens is 5. The van der Waals surface area contributed by atoms with Gasteiger partial charge in [0.25, 0.3) is 5.91 Å². The third kappa shape index (κ3) is 3.38. The predicted octanol–water partition coefficient (Wildman–Crippen LogP) is 3.12. The van der Waals surface area contributed by atoms with Gasteiger partial charge < -0.3 is 4.90 Å². The minimum Gasteiger partial charge on any atom is -0.336 e. The van der Waals surface area contributed by atoms with E-state index in [9.17, 15) is 4.79 Å². The summed E-state index contributed by atoms with van der Waals surface area (Å²) in [5, 5.41) is 9.54. The molecule has 0 aliphatic carbocycles. The maximum atomic E-state index is 13.3. The molecule has 0 N–H and O–H groups in total. The first-order valence-corrected chi connectivity index (χ1v) is 9.21. The number of nitrogens with zero attached hydrogens (tertiary/aromatic N) is 6. The zero-order chi connectivity index (χ0) is 19.7. The van der Waals surface area contributed by atoms with Crippen LogP contribution in [-0.4, -0.2) is 42.4 Å². The van der Waals surface area contributed by atoms with Gasteiger partial charge in [-0.1, -0.05) is 18.2 Å². The van der Waals surface area contributed by atoms with Crippen LogP contribution in [0.15, 0.2) is 55.0 Å². The Morgan fingerprint density at radius 1 is 1.21 bits per heavy atom. The maximum absolute atomic E-state index is 13.3. The molecule has 142 valence electrons. The van der Waals surface area contributed by atoms with Crippen molar-refractivity contribution in [3.63, 3.8) is 0 Å². The molecule has 0 bridgehead atoms. The molecule has 0 aliphatic heterocycles. The van der Waals surface area contributed by atoms with Crippen molar-refractivity contribution in [3.05, 3.63) is 66.2 Å². The fraction of sp³-hybridized carbons (Fsp3) is 0.238. The molecule has 28 heavy (non-hydrogen) atoms. The highest BCUT2D eigenvalue weighted by molar-refractivity contribution is 6.07. The molecular formula is C21H22N6O. The monoisotopic (exact) mass is 374 g/mol. The van der Waals surface area contributed by atoms with Crippen LogP contribution in [0.3, 0.4) is 0 Å². The van der Waals surface area contributed by atoms with E-state index in [1.807, 2.05) is 67.4 Å². The first-order chi connectivity index (χ1) is 13.5. The molecular weight excluding hydrogens is 352 g/mol. The van der Waals surface area contributed by atoms with Crippen LogP contribution < -0.4 is 0 Å². The third-order valence-electron chi connectivity index (χ3n) is 4.71. The molecule has 4 aromatic rings. The van der Waals surface area contributed by atoms with Crippen LogP contribution in [-0.2, 0) is 20.1 Å². The van der Waals surface area contributed by atoms with Crippen molar-refractivity contribution < 1.29 is 4.79 Å². The summed E-state index contributed by atoms with van der Waals surface area (Å²) in [5.41, 5.74) is 3.91. The van der Waals surface area contributed by atoms with E-state index >= 15 is 0 Å². The molecule has 1 amide bonds. The molecule has 4 rings (SSSR count). The lowest BCUT2D eigenvalue weighted by molar-refractivity contribution is 0.0785. The topological polar surface area (TPSA) is 68.8 Å². The number of carbonyl (C=O) groups is 1. The number of hydrogen-bond donors (Lipinski definition) is 0. The fourth-order valence-electron chi connectivity index (χ4n) is 3.24. The van der Waals surface area contributed by atoms with Crippen molar-refractivity contribution in [2.45, 2.75) is 20.0 Å². The molecule has 0 saturated carbocycles. The summed E-state index contributed by atoms with van der Waals surface area (Å²) >= 11 is 0. The number of rotatable bonds is 5. The highest BCUT2D eigenvalue weighted by Crippen LogP contribution is 2.25. The zero-order valence-electron chi connectivity index (χ0n) is 16.2. The van der Waals surface area contributed by atoms with E-state index in [4.69, 9.17) is 4.98 Å². The van der Waals surface area contributed by atoms with E-state index in [0.29, 0.717) is 12.1 Å². The van der Waals surface area contributed by atoms with Gasteiger partial charge in [-0.2, -0.15) is 10.2 Å². The molecule has 7 heteroatoms. The van der Waals surface area contributed by atoms with Crippen molar-refractivity contribution in [2.24, 2.45) is 7.05 Å².